The monoisotopic (exact) mass is 516 g/mol. The van der Waals surface area contributed by atoms with Crippen molar-refractivity contribution in [3.8, 4) is 33.9 Å². The molecule has 188 valence electrons. The van der Waals surface area contributed by atoms with Crippen LogP contribution in [0.5, 0.6) is 0 Å². The minimum Gasteiger partial charge on any atom is -0.385 e. The van der Waals surface area contributed by atoms with Gasteiger partial charge in [-0.05, 0) is 49.9 Å². The molecule has 1 atom stereocenters. The minimum absolute atomic E-state index is 0.0650. The predicted molar refractivity (Wildman–Crippen MR) is 131 cm³/mol. The van der Waals surface area contributed by atoms with Gasteiger partial charge in [-0.3, -0.25) is 0 Å². The molecule has 1 unspecified atom stereocenters. The second-order valence-electron chi connectivity index (χ2n) is 9.03. The molecule has 10 heteroatoms. The lowest BCUT2D eigenvalue weighted by Gasteiger charge is -2.14. The van der Waals surface area contributed by atoms with Crippen LogP contribution in [0, 0.1) is 0 Å². The zero-order chi connectivity index (χ0) is 25.9. The maximum atomic E-state index is 13.4. The van der Waals surface area contributed by atoms with Gasteiger partial charge in [-0.15, -0.1) is 0 Å². The van der Waals surface area contributed by atoms with Crippen molar-refractivity contribution in [2.75, 3.05) is 5.75 Å². The highest BCUT2D eigenvalue weighted by molar-refractivity contribution is 7.97. The van der Waals surface area contributed by atoms with Crippen molar-refractivity contribution in [2.45, 2.75) is 49.9 Å². The van der Waals surface area contributed by atoms with Crippen LogP contribution >= 0.6 is 0 Å². The summed E-state index contributed by atoms with van der Waals surface area (Å²) in [6.45, 7) is 3.61. The molecule has 0 bridgehead atoms. The smallest absolute Gasteiger partial charge is 0.385 e. The topological polar surface area (TPSA) is 88.2 Å². The van der Waals surface area contributed by atoms with Crippen molar-refractivity contribution in [1.29, 1.82) is 0 Å². The number of rotatable bonds is 6. The molecule has 0 saturated heterocycles. The average Bonchev–Trinajstić information content (AvgIpc) is 3.46. The van der Waals surface area contributed by atoms with E-state index in [0.717, 1.165) is 36.2 Å². The summed E-state index contributed by atoms with van der Waals surface area (Å²) < 4.78 is 65.5. The van der Waals surface area contributed by atoms with Gasteiger partial charge in [0.2, 0.25) is 15.1 Å². The van der Waals surface area contributed by atoms with Crippen LogP contribution in [0.15, 0.2) is 59.8 Å². The summed E-state index contributed by atoms with van der Waals surface area (Å²) in [5.74, 6) is -0.0650. The summed E-state index contributed by atoms with van der Waals surface area (Å²) in [6.07, 6.45) is -0.492. The van der Waals surface area contributed by atoms with E-state index in [2.05, 4.69) is 9.97 Å². The van der Waals surface area contributed by atoms with Crippen LogP contribution < -0.4 is 0 Å². The second kappa shape index (κ2) is 8.50. The number of halogens is 3. The first-order chi connectivity index (χ1) is 16.9. The molecule has 1 aromatic carbocycles. The molecule has 3 heterocycles. The molecule has 1 aromatic heterocycles. The van der Waals surface area contributed by atoms with Gasteiger partial charge in [0.25, 0.3) is 0 Å². The molecule has 1 saturated carbocycles. The van der Waals surface area contributed by atoms with Gasteiger partial charge in [0, 0.05) is 30.6 Å². The highest BCUT2D eigenvalue weighted by atomic mass is 32.3. The molecule has 0 spiro atoms. The van der Waals surface area contributed by atoms with Crippen molar-refractivity contribution in [3.63, 3.8) is 0 Å². The highest BCUT2D eigenvalue weighted by Crippen LogP contribution is 2.45. The molecule has 0 amide bonds. The van der Waals surface area contributed by atoms with Crippen LogP contribution in [-0.2, 0) is 32.7 Å². The van der Waals surface area contributed by atoms with E-state index in [0.29, 0.717) is 17.8 Å². The van der Waals surface area contributed by atoms with E-state index in [4.69, 9.17) is 0 Å². The van der Waals surface area contributed by atoms with Crippen molar-refractivity contribution < 1.29 is 27.0 Å². The standard InChI is InChI=1S/C26H24F3N3O3S/c1-3-32-15-19(26(27,28)29)12-20-22(32)13-21(31-20)24-23(36(34,35)4-2)11-17(14-30-24)16-5-7-18(8-6-16)25(33)9-10-25/h5-8,11-15,33H,3-4,9-10H2,1-2H3/p+1. The van der Waals surface area contributed by atoms with Gasteiger partial charge in [-0.25, -0.2) is 9.97 Å². The largest absolute Gasteiger partial charge is 0.417 e. The summed E-state index contributed by atoms with van der Waals surface area (Å²) in [7, 11) is -3.49. The summed E-state index contributed by atoms with van der Waals surface area (Å²) in [5.41, 5.74) is 1.61. The van der Waals surface area contributed by atoms with Gasteiger partial charge in [0.1, 0.15) is 11.4 Å². The fourth-order valence-electron chi connectivity index (χ4n) is 4.29. The van der Waals surface area contributed by atoms with E-state index in [1.807, 2.05) is 24.3 Å². The second-order valence-corrected chi connectivity index (χ2v) is 11.3. The molecule has 2 aromatic rings. The zero-order valence-electron chi connectivity index (χ0n) is 19.7. The lowest BCUT2D eigenvalue weighted by molar-refractivity contribution is -0.138. The maximum absolute atomic E-state index is 13.4. The van der Waals surface area contributed by atoms with Crippen LogP contribution in [0.3, 0.4) is 0 Å². The Labute approximate surface area is 207 Å². The Morgan fingerprint density at radius 2 is 1.75 bits per heavy atom. The van der Waals surface area contributed by atoms with Gasteiger partial charge in [-0.1, -0.05) is 28.5 Å². The summed E-state index contributed by atoms with van der Waals surface area (Å²) in [4.78, 5) is 8.91. The molecule has 2 N–H and O–H groups in total. The number of aryl methyl sites for hydroxylation is 1. The van der Waals surface area contributed by atoms with Crippen molar-refractivity contribution in [1.82, 2.24) is 14.5 Å². The third kappa shape index (κ3) is 4.33. The first-order valence-corrected chi connectivity index (χ1v) is 13.3. The summed E-state index contributed by atoms with van der Waals surface area (Å²) >= 11 is 0. The van der Waals surface area contributed by atoms with Crippen LogP contribution in [0.2, 0.25) is 0 Å². The van der Waals surface area contributed by atoms with Crippen LogP contribution in [0.1, 0.15) is 37.8 Å². The third-order valence-corrected chi connectivity index (χ3v) is 8.43. The number of fused-ring (bicyclic) bond motifs is 1. The van der Waals surface area contributed by atoms with Gasteiger partial charge in [0.15, 0.2) is 0 Å². The lowest BCUT2D eigenvalue weighted by Crippen LogP contribution is -2.14. The number of hydrogen-bond donors (Lipinski definition) is 2. The molecular formula is C26H25F3N3O3S+. The molecule has 36 heavy (non-hydrogen) atoms. The van der Waals surface area contributed by atoms with E-state index in [1.165, 1.54) is 4.57 Å². The highest BCUT2D eigenvalue weighted by Gasteiger charge is 2.42. The Hall–Kier alpha value is -3.08. The summed E-state index contributed by atoms with van der Waals surface area (Å²) in [5, 5.41) is 10.3. The van der Waals surface area contributed by atoms with Gasteiger partial charge >= 0.3 is 6.18 Å². The first kappa shape index (κ1) is 24.6. The number of hydrogen-bond acceptors (Lipinski definition) is 4. The number of aliphatic hydroxyl groups is 1. The third-order valence-electron chi connectivity index (χ3n) is 6.65. The SMILES string of the molecule is CCn1cc(C(F)(F)F)cc2nc(-c3ncc(-c4ccc(C5(O)CC5)cc4)cc3[S+](=O)(O)CC)cc1-2. The van der Waals surface area contributed by atoms with E-state index in [9.17, 15) is 27.0 Å². The Morgan fingerprint density at radius 3 is 2.33 bits per heavy atom. The molecular weight excluding hydrogens is 491 g/mol. The molecule has 0 radical (unpaired) electrons. The maximum Gasteiger partial charge on any atom is 0.417 e. The van der Waals surface area contributed by atoms with Crippen molar-refractivity contribution in [2.24, 2.45) is 0 Å². The number of nitrogens with zero attached hydrogens (tertiary/aromatic N) is 3. The van der Waals surface area contributed by atoms with E-state index in [1.54, 1.807) is 32.2 Å². The van der Waals surface area contributed by atoms with Crippen LogP contribution in [0.25, 0.3) is 33.9 Å². The number of alkyl halides is 3. The number of pyridine rings is 2. The van der Waals surface area contributed by atoms with Crippen LogP contribution in [0.4, 0.5) is 13.2 Å². The quantitative estimate of drug-likeness (QED) is 0.303. The fraction of sp³-hybridized carbons (Fsp3) is 0.308. The fourth-order valence-corrected chi connectivity index (χ4v) is 5.37. The lowest BCUT2D eigenvalue weighted by atomic mass is 10.0. The Morgan fingerprint density at radius 1 is 1.06 bits per heavy atom. The zero-order valence-corrected chi connectivity index (χ0v) is 20.5. The van der Waals surface area contributed by atoms with E-state index in [-0.39, 0.29) is 27.7 Å². The van der Waals surface area contributed by atoms with Crippen molar-refractivity contribution >= 4 is 10.2 Å². The molecule has 6 nitrogen and oxygen atoms in total. The van der Waals surface area contributed by atoms with Gasteiger partial charge < -0.3 is 9.67 Å². The van der Waals surface area contributed by atoms with E-state index >= 15 is 0 Å². The average molecular weight is 517 g/mol. The molecule has 1 fully saturated rings. The van der Waals surface area contributed by atoms with Gasteiger partial charge in [0.05, 0.1) is 28.2 Å². The van der Waals surface area contributed by atoms with Crippen molar-refractivity contribution in [3.05, 3.63) is 66.0 Å². The summed E-state index contributed by atoms with van der Waals surface area (Å²) in [6, 6.07) is 11.5. The molecule has 1 aliphatic carbocycles. The molecule has 3 aliphatic rings. The number of benzene rings is 1. The molecule has 2 aliphatic heterocycles. The normalized spacial score (nSPS) is 16.8. The Balaban J connectivity index is 1.63. The minimum atomic E-state index is -4.53. The predicted octanol–water partition coefficient (Wildman–Crippen LogP) is 6.09. The Kier molecular flexibility index (Phi) is 5.81. The van der Waals surface area contributed by atoms with Gasteiger partial charge in [-0.2, -0.15) is 17.7 Å². The Bertz CT molecular complexity index is 1460. The first-order valence-electron chi connectivity index (χ1n) is 11.6. The molecule has 5 rings (SSSR count). The van der Waals surface area contributed by atoms with E-state index < -0.39 is 27.6 Å². The van der Waals surface area contributed by atoms with Crippen LogP contribution in [-0.4, -0.2) is 29.9 Å². The number of aromatic nitrogens is 3.